The summed E-state index contributed by atoms with van der Waals surface area (Å²) in [5, 5.41) is 0. The molecule has 6 atom stereocenters. The van der Waals surface area contributed by atoms with E-state index in [1.54, 1.807) is 6.92 Å². The molecule has 0 aromatic heterocycles. The van der Waals surface area contributed by atoms with E-state index in [2.05, 4.69) is 41.9 Å². The van der Waals surface area contributed by atoms with E-state index in [9.17, 15) is 14.4 Å². The smallest absolute Gasteiger partial charge is 0.303 e. The van der Waals surface area contributed by atoms with Gasteiger partial charge in [0.15, 0.2) is 17.2 Å². The number of hydrogen-bond acceptors (Lipinski definition) is 4. The van der Waals surface area contributed by atoms with Gasteiger partial charge >= 0.3 is 5.97 Å². The summed E-state index contributed by atoms with van der Waals surface area (Å²) in [6.45, 7) is 7.44. The van der Waals surface area contributed by atoms with Gasteiger partial charge in [-0.25, -0.2) is 0 Å². The first-order valence-electron chi connectivity index (χ1n) is 10.4. The highest BCUT2D eigenvalue weighted by molar-refractivity contribution is 9.12. The quantitative estimate of drug-likeness (QED) is 0.563. The molecule has 2 fully saturated rings. The van der Waals surface area contributed by atoms with E-state index in [0.717, 1.165) is 35.7 Å². The van der Waals surface area contributed by atoms with E-state index >= 15 is 0 Å². The highest BCUT2D eigenvalue weighted by atomic mass is 79.9. The molecule has 5 heteroatoms. The first-order chi connectivity index (χ1) is 13.1. The highest BCUT2D eigenvalue weighted by Crippen LogP contribution is 2.67. The number of halogens is 1. The van der Waals surface area contributed by atoms with E-state index in [-0.39, 0.29) is 28.4 Å². The van der Waals surface area contributed by atoms with Crippen molar-refractivity contribution < 1.29 is 19.1 Å². The van der Waals surface area contributed by atoms with Gasteiger partial charge in [-0.05, 0) is 83.7 Å². The molecule has 0 aliphatic heterocycles. The molecule has 0 unspecified atom stereocenters. The van der Waals surface area contributed by atoms with Crippen molar-refractivity contribution in [2.45, 2.75) is 71.8 Å². The first kappa shape index (κ1) is 20.1. The van der Waals surface area contributed by atoms with E-state index < -0.39 is 5.60 Å². The van der Waals surface area contributed by atoms with Crippen LogP contribution in [0.3, 0.4) is 0 Å². The van der Waals surface area contributed by atoms with Gasteiger partial charge in [0.1, 0.15) is 0 Å². The number of fused-ring (bicyclic) bond motifs is 5. The summed E-state index contributed by atoms with van der Waals surface area (Å²) in [5.74, 6) is 0.904. The third-order valence-corrected chi connectivity index (χ3v) is 9.48. The SMILES string of the molecule is CC(=O)O[C@]1(C(C)=O)CC[C@H]2[C@@H]3C=CC4=C(Br)C(=O)CC[C@]4(C)[C@H]3CC[C@@]21C. The predicted octanol–water partition coefficient (Wildman–Crippen LogP) is 4.91. The van der Waals surface area contributed by atoms with Crippen LogP contribution in [-0.2, 0) is 19.1 Å². The number of Topliss-reactive ketones (excluding diaryl/α,β-unsaturated/α-hetero) is 2. The van der Waals surface area contributed by atoms with Gasteiger partial charge in [-0.2, -0.15) is 0 Å². The van der Waals surface area contributed by atoms with Crippen molar-refractivity contribution in [1.29, 1.82) is 0 Å². The Morgan fingerprint density at radius 2 is 1.79 bits per heavy atom. The molecule has 152 valence electrons. The molecule has 0 bridgehead atoms. The summed E-state index contributed by atoms with van der Waals surface area (Å²) in [4.78, 5) is 36.9. The lowest BCUT2D eigenvalue weighted by Crippen LogP contribution is -2.58. The maximum absolute atomic E-state index is 12.7. The topological polar surface area (TPSA) is 60.4 Å². The minimum Gasteiger partial charge on any atom is -0.451 e. The second kappa shape index (κ2) is 6.38. The van der Waals surface area contributed by atoms with Crippen molar-refractivity contribution in [3.63, 3.8) is 0 Å². The zero-order valence-electron chi connectivity index (χ0n) is 17.1. The Kier molecular flexibility index (Phi) is 4.57. The van der Waals surface area contributed by atoms with Gasteiger partial charge < -0.3 is 4.74 Å². The van der Waals surface area contributed by atoms with Crippen molar-refractivity contribution in [2.75, 3.05) is 0 Å². The molecule has 0 heterocycles. The summed E-state index contributed by atoms with van der Waals surface area (Å²) in [7, 11) is 0. The third-order valence-electron chi connectivity index (χ3n) is 8.61. The van der Waals surface area contributed by atoms with Crippen LogP contribution < -0.4 is 0 Å². The van der Waals surface area contributed by atoms with Gasteiger partial charge in [-0.1, -0.05) is 26.0 Å². The number of carbonyl (C=O) groups excluding carboxylic acids is 3. The van der Waals surface area contributed by atoms with Crippen LogP contribution in [0.25, 0.3) is 0 Å². The molecule has 0 aromatic carbocycles. The summed E-state index contributed by atoms with van der Waals surface area (Å²) >= 11 is 3.56. The molecule has 0 radical (unpaired) electrons. The van der Waals surface area contributed by atoms with E-state index in [0.29, 0.717) is 30.6 Å². The molecule has 2 saturated carbocycles. The Balaban J connectivity index is 1.77. The Morgan fingerprint density at radius 1 is 1.11 bits per heavy atom. The van der Waals surface area contributed by atoms with E-state index in [1.807, 2.05) is 0 Å². The Morgan fingerprint density at radius 3 is 2.43 bits per heavy atom. The number of carbonyl (C=O) groups is 3. The Labute approximate surface area is 175 Å². The zero-order chi connectivity index (χ0) is 20.5. The molecule has 0 N–H and O–H groups in total. The van der Waals surface area contributed by atoms with E-state index in [4.69, 9.17) is 4.74 Å². The summed E-state index contributed by atoms with van der Waals surface area (Å²) in [6, 6.07) is 0. The molecule has 4 nitrogen and oxygen atoms in total. The largest absolute Gasteiger partial charge is 0.451 e. The molecule has 0 amide bonds. The van der Waals surface area contributed by atoms with E-state index in [1.165, 1.54) is 6.92 Å². The average molecular weight is 449 g/mol. The lowest BCUT2D eigenvalue weighted by Gasteiger charge is -2.57. The van der Waals surface area contributed by atoms with Crippen molar-refractivity contribution in [2.24, 2.45) is 28.6 Å². The standard InChI is InChI=1S/C23H29BrO4/c1-13(25)23(28-14(2)26)12-8-17-15-5-6-18-20(24)19(27)9-10-21(18,3)16(15)7-11-22(17,23)4/h5-6,15-17H,7-12H2,1-4H3/t15-,16+,17+,21-,22+,23+/m1/s1. The normalized spacial score (nSPS) is 44.6. The monoisotopic (exact) mass is 448 g/mol. The lowest BCUT2D eigenvalue weighted by atomic mass is 9.48. The summed E-state index contributed by atoms with van der Waals surface area (Å²) in [5.41, 5.74) is -0.210. The van der Waals surface area contributed by atoms with Gasteiger partial charge in [-0.15, -0.1) is 0 Å². The fraction of sp³-hybridized carbons (Fsp3) is 0.696. The predicted molar refractivity (Wildman–Crippen MR) is 110 cm³/mol. The average Bonchev–Trinajstić information content (AvgIpc) is 2.92. The molecule has 4 aliphatic carbocycles. The molecular formula is C23H29BrO4. The highest BCUT2D eigenvalue weighted by Gasteiger charge is 2.67. The minimum absolute atomic E-state index is 0.0175. The van der Waals surface area contributed by atoms with Crippen molar-refractivity contribution >= 4 is 33.5 Å². The first-order valence-corrected chi connectivity index (χ1v) is 11.2. The number of rotatable bonds is 2. The lowest BCUT2D eigenvalue weighted by molar-refractivity contribution is -0.185. The summed E-state index contributed by atoms with van der Waals surface area (Å²) in [6.07, 6.45) is 9.24. The van der Waals surface area contributed by atoms with Crippen LogP contribution in [-0.4, -0.2) is 23.1 Å². The number of allylic oxidation sites excluding steroid dienone is 4. The van der Waals surface area contributed by atoms with Crippen LogP contribution in [0.5, 0.6) is 0 Å². The maximum Gasteiger partial charge on any atom is 0.303 e. The second-order valence-electron chi connectivity index (χ2n) is 9.69. The number of ketones is 2. The van der Waals surface area contributed by atoms with Gasteiger partial charge in [0.25, 0.3) is 0 Å². The molecule has 4 aliphatic rings. The van der Waals surface area contributed by atoms with Crippen molar-refractivity contribution in [3.05, 3.63) is 22.2 Å². The van der Waals surface area contributed by atoms with Crippen LogP contribution in [0, 0.1) is 28.6 Å². The second-order valence-corrected chi connectivity index (χ2v) is 10.5. The van der Waals surface area contributed by atoms with Crippen LogP contribution in [0.15, 0.2) is 22.2 Å². The molecule has 28 heavy (non-hydrogen) atoms. The van der Waals surface area contributed by atoms with Gasteiger partial charge in [-0.3, -0.25) is 14.4 Å². The fourth-order valence-corrected chi connectivity index (χ4v) is 7.93. The fourth-order valence-electron chi connectivity index (χ4n) is 7.14. The minimum atomic E-state index is -0.998. The zero-order valence-corrected chi connectivity index (χ0v) is 18.7. The van der Waals surface area contributed by atoms with Gasteiger partial charge in [0.2, 0.25) is 0 Å². The van der Waals surface area contributed by atoms with Crippen LogP contribution >= 0.6 is 15.9 Å². The molecule has 0 spiro atoms. The van der Waals surface area contributed by atoms with Crippen LogP contribution in [0.2, 0.25) is 0 Å². The molecule has 0 aromatic rings. The molecule has 0 saturated heterocycles. The Bertz CT molecular complexity index is 826. The molecule has 4 rings (SSSR count). The van der Waals surface area contributed by atoms with Crippen molar-refractivity contribution in [1.82, 2.24) is 0 Å². The van der Waals surface area contributed by atoms with Gasteiger partial charge in [0, 0.05) is 18.8 Å². The third kappa shape index (κ3) is 2.44. The van der Waals surface area contributed by atoms with Gasteiger partial charge in [0.05, 0.1) is 4.48 Å². The number of esters is 1. The number of hydrogen-bond donors (Lipinski definition) is 0. The maximum atomic E-state index is 12.7. The van der Waals surface area contributed by atoms with Crippen molar-refractivity contribution in [3.8, 4) is 0 Å². The van der Waals surface area contributed by atoms with Crippen LogP contribution in [0.4, 0.5) is 0 Å². The molecular weight excluding hydrogens is 420 g/mol. The summed E-state index contributed by atoms with van der Waals surface area (Å²) < 4.78 is 6.55. The Hall–Kier alpha value is -1.23. The number of ether oxygens (including phenoxy) is 1. The van der Waals surface area contributed by atoms with Crippen LogP contribution in [0.1, 0.15) is 66.2 Å².